The van der Waals surface area contributed by atoms with Gasteiger partial charge in [0.15, 0.2) is 0 Å². The zero-order chi connectivity index (χ0) is 17.0. The van der Waals surface area contributed by atoms with Gasteiger partial charge in [0.25, 0.3) is 0 Å². The highest BCUT2D eigenvalue weighted by Crippen LogP contribution is 2.32. The van der Waals surface area contributed by atoms with Crippen LogP contribution in [0.2, 0.25) is 0 Å². The van der Waals surface area contributed by atoms with Gasteiger partial charge >= 0.3 is 12.2 Å². The number of alkyl halides is 3. The summed E-state index contributed by atoms with van der Waals surface area (Å²) in [5.74, 6) is 0. The maximum Gasteiger partial charge on any atom is 0.416 e. The molecule has 7 heteroatoms. The average molecular weight is 318 g/mol. The Hall–Kier alpha value is -1.76. The molecule has 1 aromatic carbocycles. The van der Waals surface area contributed by atoms with Crippen molar-refractivity contribution in [3.05, 3.63) is 29.3 Å². The van der Waals surface area contributed by atoms with Gasteiger partial charge in [0.05, 0.1) is 5.56 Å². The van der Waals surface area contributed by atoms with Crippen molar-refractivity contribution in [3.8, 4) is 0 Å². The first-order chi connectivity index (χ1) is 10.0. The molecule has 0 heterocycles. The Bertz CT molecular complexity index is 528. The molecule has 0 spiro atoms. The fourth-order valence-corrected chi connectivity index (χ4v) is 1.81. The summed E-state index contributed by atoms with van der Waals surface area (Å²) >= 11 is 0. The maximum atomic E-state index is 12.7. The maximum absolute atomic E-state index is 12.7. The lowest BCUT2D eigenvalue weighted by Crippen LogP contribution is -2.37. The van der Waals surface area contributed by atoms with E-state index in [1.807, 2.05) is 13.8 Å². The van der Waals surface area contributed by atoms with Crippen LogP contribution in [0.15, 0.2) is 18.2 Å². The summed E-state index contributed by atoms with van der Waals surface area (Å²) in [6.07, 6.45) is -3.94. The third kappa shape index (κ3) is 5.55. The molecule has 1 rings (SSSR count). The van der Waals surface area contributed by atoms with E-state index in [1.54, 1.807) is 6.92 Å². The van der Waals surface area contributed by atoms with Crippen LogP contribution in [0, 0.1) is 12.3 Å². The lowest BCUT2D eigenvalue weighted by atomic mass is 9.90. The predicted octanol–water partition coefficient (Wildman–Crippen LogP) is 3.54. The number of hydrogen-bond donors (Lipinski definition) is 3. The van der Waals surface area contributed by atoms with E-state index in [0.29, 0.717) is 18.5 Å². The third-order valence-electron chi connectivity index (χ3n) is 3.33. The summed E-state index contributed by atoms with van der Waals surface area (Å²) < 4.78 is 38.0. The minimum Gasteiger partial charge on any atom is -0.396 e. The van der Waals surface area contributed by atoms with Crippen molar-refractivity contribution in [3.63, 3.8) is 0 Å². The fourth-order valence-electron chi connectivity index (χ4n) is 1.81. The first-order valence-corrected chi connectivity index (χ1v) is 6.89. The van der Waals surface area contributed by atoms with E-state index < -0.39 is 17.8 Å². The van der Waals surface area contributed by atoms with Crippen LogP contribution in [0.4, 0.5) is 23.7 Å². The number of aliphatic hydroxyl groups is 1. The highest BCUT2D eigenvalue weighted by atomic mass is 19.4. The van der Waals surface area contributed by atoms with Crippen LogP contribution in [-0.2, 0) is 6.18 Å². The summed E-state index contributed by atoms with van der Waals surface area (Å²) in [4.78, 5) is 11.8. The van der Waals surface area contributed by atoms with Gasteiger partial charge in [0.2, 0.25) is 0 Å². The van der Waals surface area contributed by atoms with E-state index in [0.717, 1.165) is 12.1 Å². The molecule has 0 saturated heterocycles. The van der Waals surface area contributed by atoms with Gasteiger partial charge in [-0.05, 0) is 36.5 Å². The van der Waals surface area contributed by atoms with Crippen molar-refractivity contribution in [2.75, 3.05) is 18.5 Å². The fraction of sp³-hybridized carbons (Fsp3) is 0.533. The molecule has 0 aliphatic heterocycles. The molecule has 1 aromatic rings. The Morgan fingerprint density at radius 1 is 1.27 bits per heavy atom. The van der Waals surface area contributed by atoms with Crippen molar-refractivity contribution >= 4 is 11.7 Å². The van der Waals surface area contributed by atoms with Crippen LogP contribution in [0.5, 0.6) is 0 Å². The van der Waals surface area contributed by atoms with E-state index >= 15 is 0 Å². The van der Waals surface area contributed by atoms with Crippen LogP contribution in [0.1, 0.15) is 31.4 Å². The molecule has 0 aromatic heterocycles. The van der Waals surface area contributed by atoms with Gasteiger partial charge in [-0.25, -0.2) is 4.79 Å². The second kappa shape index (κ2) is 7.00. The number of amides is 2. The van der Waals surface area contributed by atoms with Crippen molar-refractivity contribution in [1.82, 2.24) is 5.32 Å². The number of nitrogens with one attached hydrogen (secondary N) is 2. The second-order valence-electron chi connectivity index (χ2n) is 5.97. The molecule has 0 saturated carbocycles. The molecule has 0 atom stereocenters. The molecule has 4 nitrogen and oxygen atoms in total. The van der Waals surface area contributed by atoms with E-state index in [4.69, 9.17) is 5.11 Å². The number of halogens is 3. The molecule has 0 fully saturated rings. The number of benzene rings is 1. The number of carbonyl (C=O) groups excluding carboxylic acids is 1. The van der Waals surface area contributed by atoms with E-state index in [1.165, 1.54) is 6.07 Å². The summed E-state index contributed by atoms with van der Waals surface area (Å²) in [6.45, 7) is 5.67. The number of urea groups is 1. The lowest BCUT2D eigenvalue weighted by molar-refractivity contribution is -0.137. The smallest absolute Gasteiger partial charge is 0.396 e. The van der Waals surface area contributed by atoms with Gasteiger partial charge in [0, 0.05) is 18.8 Å². The van der Waals surface area contributed by atoms with E-state index in [2.05, 4.69) is 10.6 Å². The molecule has 0 aliphatic carbocycles. The first kappa shape index (κ1) is 18.3. The third-order valence-corrected chi connectivity index (χ3v) is 3.33. The van der Waals surface area contributed by atoms with Gasteiger partial charge in [-0.2, -0.15) is 13.2 Å². The number of hydrogen-bond acceptors (Lipinski definition) is 2. The number of carbonyl (C=O) groups is 1. The summed E-state index contributed by atoms with van der Waals surface area (Å²) in [5.41, 5.74) is -0.450. The summed E-state index contributed by atoms with van der Waals surface area (Å²) in [6, 6.07) is 2.62. The normalized spacial score (nSPS) is 12.1. The monoisotopic (exact) mass is 318 g/mol. The largest absolute Gasteiger partial charge is 0.416 e. The standard InChI is InChI=1S/C15H21F3N2O2/c1-10-4-5-11(15(16,17)18)8-12(10)20-13(22)19-9-14(2,3)6-7-21/h4-5,8,21H,6-7,9H2,1-3H3,(H2,19,20,22). The summed E-state index contributed by atoms with van der Waals surface area (Å²) in [5, 5.41) is 13.9. The Kier molecular flexibility index (Phi) is 5.82. The molecule has 124 valence electrons. The number of aliphatic hydroxyl groups excluding tert-OH is 1. The van der Waals surface area contributed by atoms with Crippen LogP contribution in [-0.4, -0.2) is 24.3 Å². The Morgan fingerprint density at radius 3 is 2.45 bits per heavy atom. The van der Waals surface area contributed by atoms with Gasteiger partial charge in [-0.15, -0.1) is 0 Å². The second-order valence-corrected chi connectivity index (χ2v) is 5.97. The van der Waals surface area contributed by atoms with Crippen molar-refractivity contribution in [1.29, 1.82) is 0 Å². The molecule has 0 unspecified atom stereocenters. The topological polar surface area (TPSA) is 61.4 Å². The van der Waals surface area contributed by atoms with Crippen molar-refractivity contribution < 1.29 is 23.1 Å². The Labute approximate surface area is 127 Å². The number of aryl methyl sites for hydroxylation is 1. The quantitative estimate of drug-likeness (QED) is 0.777. The molecule has 0 bridgehead atoms. The highest BCUT2D eigenvalue weighted by molar-refractivity contribution is 5.90. The molecule has 0 radical (unpaired) electrons. The highest BCUT2D eigenvalue weighted by Gasteiger charge is 2.31. The Morgan fingerprint density at radius 2 is 1.91 bits per heavy atom. The number of rotatable bonds is 5. The van der Waals surface area contributed by atoms with Crippen LogP contribution in [0.3, 0.4) is 0 Å². The molecule has 3 N–H and O–H groups in total. The SMILES string of the molecule is Cc1ccc(C(F)(F)F)cc1NC(=O)NCC(C)(C)CCO. The minimum atomic E-state index is -4.45. The minimum absolute atomic E-state index is 0.00301. The Balaban J connectivity index is 2.72. The molecular formula is C15H21F3N2O2. The van der Waals surface area contributed by atoms with E-state index in [-0.39, 0.29) is 17.7 Å². The first-order valence-electron chi connectivity index (χ1n) is 6.89. The van der Waals surface area contributed by atoms with E-state index in [9.17, 15) is 18.0 Å². The lowest BCUT2D eigenvalue weighted by Gasteiger charge is -2.24. The average Bonchev–Trinajstić information content (AvgIpc) is 2.38. The summed E-state index contributed by atoms with van der Waals surface area (Å²) in [7, 11) is 0. The zero-order valence-electron chi connectivity index (χ0n) is 12.8. The molecule has 22 heavy (non-hydrogen) atoms. The molecule has 2 amide bonds. The van der Waals surface area contributed by atoms with Crippen molar-refractivity contribution in [2.24, 2.45) is 5.41 Å². The van der Waals surface area contributed by atoms with Crippen LogP contribution in [0.25, 0.3) is 0 Å². The predicted molar refractivity (Wildman–Crippen MR) is 78.7 cm³/mol. The van der Waals surface area contributed by atoms with Crippen molar-refractivity contribution in [2.45, 2.75) is 33.4 Å². The van der Waals surface area contributed by atoms with Gasteiger partial charge in [-0.1, -0.05) is 19.9 Å². The van der Waals surface area contributed by atoms with Gasteiger partial charge in [-0.3, -0.25) is 0 Å². The van der Waals surface area contributed by atoms with Crippen LogP contribution < -0.4 is 10.6 Å². The van der Waals surface area contributed by atoms with Crippen LogP contribution >= 0.6 is 0 Å². The van der Waals surface area contributed by atoms with Gasteiger partial charge < -0.3 is 15.7 Å². The zero-order valence-corrected chi connectivity index (χ0v) is 12.8. The number of anilines is 1. The molecule has 0 aliphatic rings. The molecular weight excluding hydrogens is 297 g/mol. The van der Waals surface area contributed by atoms with Gasteiger partial charge in [0.1, 0.15) is 0 Å².